The largest absolute Gasteiger partial charge is 0.481 e. The Morgan fingerprint density at radius 2 is 1.80 bits per heavy atom. The van der Waals surface area contributed by atoms with Crippen molar-refractivity contribution in [3.8, 4) is 0 Å². The Kier molecular flexibility index (Phi) is 4.70. The summed E-state index contributed by atoms with van der Waals surface area (Å²) in [5, 5.41) is 13.1. The first-order chi connectivity index (χ1) is 11.9. The monoisotopic (exact) mass is 376 g/mol. The van der Waals surface area contributed by atoms with Crippen LogP contribution < -0.4 is 5.32 Å². The summed E-state index contributed by atoms with van der Waals surface area (Å²) in [5.74, 6) is -1.19. The highest BCUT2D eigenvalue weighted by Crippen LogP contribution is 2.32. The second-order valence-electron chi connectivity index (χ2n) is 5.60. The van der Waals surface area contributed by atoms with Crippen molar-refractivity contribution in [3.63, 3.8) is 0 Å². The van der Waals surface area contributed by atoms with Crippen LogP contribution in [0.15, 0.2) is 42.5 Å². The molecule has 0 bridgehead atoms. The maximum absolute atomic E-state index is 12.6. The van der Waals surface area contributed by atoms with Crippen LogP contribution in [0.5, 0.6) is 0 Å². The molecule has 3 rings (SSSR count). The number of benzene rings is 2. The maximum Gasteiger partial charge on any atom is 0.307 e. The Bertz CT molecular complexity index is 978. The summed E-state index contributed by atoms with van der Waals surface area (Å²) in [7, 11) is 1.78. The number of amides is 1. The Balaban J connectivity index is 1.86. The Hall–Kier alpha value is -2.50. The molecule has 0 spiro atoms. The molecular formula is C18H14Cl2N2O3. The van der Waals surface area contributed by atoms with Crippen LogP contribution in [0.3, 0.4) is 0 Å². The van der Waals surface area contributed by atoms with Gasteiger partial charge < -0.3 is 15.0 Å². The standard InChI is InChI=1S/C18H14Cl2N2O3/c1-22-14-7-6-13(19)17(20)12(14)9-15(22)18(25)21-11-4-2-10(3-5-11)8-16(23)24/h2-7,9H,8H2,1H3,(H,21,25)(H,23,24). The quantitative estimate of drug-likeness (QED) is 0.710. The van der Waals surface area contributed by atoms with Gasteiger partial charge in [-0.1, -0.05) is 35.3 Å². The van der Waals surface area contributed by atoms with Crippen molar-refractivity contribution in [2.45, 2.75) is 6.42 Å². The molecule has 0 aliphatic rings. The van der Waals surface area contributed by atoms with E-state index in [0.29, 0.717) is 32.4 Å². The molecule has 5 nitrogen and oxygen atoms in total. The zero-order valence-corrected chi connectivity index (χ0v) is 14.7. The molecule has 0 unspecified atom stereocenters. The molecule has 2 N–H and O–H groups in total. The normalized spacial score (nSPS) is 10.8. The van der Waals surface area contributed by atoms with Crippen LogP contribution >= 0.6 is 23.2 Å². The van der Waals surface area contributed by atoms with Crippen LogP contribution in [0.4, 0.5) is 5.69 Å². The number of nitrogens with zero attached hydrogens (tertiary/aromatic N) is 1. The van der Waals surface area contributed by atoms with Gasteiger partial charge in [-0.3, -0.25) is 9.59 Å². The van der Waals surface area contributed by atoms with Gasteiger partial charge in [0.1, 0.15) is 5.69 Å². The van der Waals surface area contributed by atoms with E-state index in [1.54, 1.807) is 54.1 Å². The van der Waals surface area contributed by atoms with Crippen molar-refractivity contribution in [1.29, 1.82) is 0 Å². The minimum absolute atomic E-state index is 0.0588. The van der Waals surface area contributed by atoms with Gasteiger partial charge in [0.2, 0.25) is 0 Å². The molecule has 0 fully saturated rings. The molecule has 2 aromatic carbocycles. The number of carbonyl (C=O) groups excluding carboxylic acids is 1. The van der Waals surface area contributed by atoms with Gasteiger partial charge >= 0.3 is 5.97 Å². The fraction of sp³-hybridized carbons (Fsp3) is 0.111. The highest BCUT2D eigenvalue weighted by atomic mass is 35.5. The van der Waals surface area contributed by atoms with E-state index in [4.69, 9.17) is 28.3 Å². The van der Waals surface area contributed by atoms with E-state index in [-0.39, 0.29) is 12.3 Å². The zero-order chi connectivity index (χ0) is 18.1. The van der Waals surface area contributed by atoms with Gasteiger partial charge in [0.25, 0.3) is 5.91 Å². The van der Waals surface area contributed by atoms with Gasteiger partial charge in [-0.05, 0) is 35.9 Å². The van der Waals surface area contributed by atoms with Gasteiger partial charge in [0, 0.05) is 23.6 Å². The van der Waals surface area contributed by atoms with E-state index < -0.39 is 5.97 Å². The average molecular weight is 377 g/mol. The number of hydrogen-bond donors (Lipinski definition) is 2. The number of fused-ring (bicyclic) bond motifs is 1. The molecule has 0 atom stereocenters. The molecule has 1 heterocycles. The van der Waals surface area contributed by atoms with Crippen LogP contribution in [0.1, 0.15) is 16.1 Å². The predicted octanol–water partition coefficient (Wildman–Crippen LogP) is 4.36. The number of aromatic nitrogens is 1. The highest BCUT2D eigenvalue weighted by molar-refractivity contribution is 6.45. The lowest BCUT2D eigenvalue weighted by molar-refractivity contribution is -0.136. The molecule has 7 heteroatoms. The second kappa shape index (κ2) is 6.78. The average Bonchev–Trinajstić information content (AvgIpc) is 2.90. The van der Waals surface area contributed by atoms with Crippen molar-refractivity contribution in [2.75, 3.05) is 5.32 Å². The van der Waals surface area contributed by atoms with E-state index in [1.165, 1.54) is 0 Å². The van der Waals surface area contributed by atoms with Crippen LogP contribution in [-0.4, -0.2) is 21.6 Å². The lowest BCUT2D eigenvalue weighted by atomic mass is 10.1. The van der Waals surface area contributed by atoms with Gasteiger partial charge in [-0.2, -0.15) is 0 Å². The first-order valence-electron chi connectivity index (χ1n) is 7.42. The minimum Gasteiger partial charge on any atom is -0.481 e. The molecule has 0 aliphatic heterocycles. The van der Waals surface area contributed by atoms with E-state index in [0.717, 1.165) is 5.52 Å². The summed E-state index contributed by atoms with van der Waals surface area (Å²) in [6.45, 7) is 0. The van der Waals surface area contributed by atoms with E-state index in [9.17, 15) is 9.59 Å². The topological polar surface area (TPSA) is 71.3 Å². The van der Waals surface area contributed by atoms with Crippen LogP contribution in [0, 0.1) is 0 Å². The third kappa shape index (κ3) is 3.48. The molecule has 0 radical (unpaired) electrons. The Morgan fingerprint density at radius 3 is 2.44 bits per heavy atom. The summed E-state index contributed by atoms with van der Waals surface area (Å²) < 4.78 is 1.74. The smallest absolute Gasteiger partial charge is 0.307 e. The fourth-order valence-electron chi connectivity index (χ4n) is 2.64. The summed E-state index contributed by atoms with van der Waals surface area (Å²) >= 11 is 12.2. The number of halogens is 2. The third-order valence-corrected chi connectivity index (χ3v) is 4.73. The lowest BCUT2D eigenvalue weighted by Crippen LogP contribution is -2.15. The number of nitrogens with one attached hydrogen (secondary N) is 1. The summed E-state index contributed by atoms with van der Waals surface area (Å²) in [6, 6.07) is 11.9. The van der Waals surface area contributed by atoms with Gasteiger partial charge in [-0.15, -0.1) is 0 Å². The number of aliphatic carboxylic acids is 1. The van der Waals surface area contributed by atoms with Gasteiger partial charge in [0.05, 0.1) is 16.5 Å². The maximum atomic E-state index is 12.6. The predicted molar refractivity (Wildman–Crippen MR) is 98.7 cm³/mol. The van der Waals surface area contributed by atoms with Crippen LogP contribution in [-0.2, 0) is 18.3 Å². The lowest BCUT2D eigenvalue weighted by Gasteiger charge is -2.07. The number of anilines is 1. The summed E-state index contributed by atoms with van der Waals surface area (Å²) in [4.78, 5) is 23.3. The first kappa shape index (κ1) is 17.3. The van der Waals surface area contributed by atoms with Crippen molar-refractivity contribution in [1.82, 2.24) is 4.57 Å². The molecule has 1 aromatic heterocycles. The van der Waals surface area contributed by atoms with Crippen LogP contribution in [0.2, 0.25) is 10.0 Å². The summed E-state index contributed by atoms with van der Waals surface area (Å²) in [5.41, 5.74) is 2.48. The van der Waals surface area contributed by atoms with Gasteiger partial charge in [0.15, 0.2) is 0 Å². The van der Waals surface area contributed by atoms with Crippen molar-refractivity contribution >= 4 is 51.7 Å². The minimum atomic E-state index is -0.900. The second-order valence-corrected chi connectivity index (χ2v) is 6.39. The van der Waals surface area contributed by atoms with Crippen molar-refractivity contribution in [3.05, 3.63) is 63.8 Å². The molecule has 0 saturated carbocycles. The number of carboxylic acids is 1. The first-order valence-corrected chi connectivity index (χ1v) is 8.18. The number of carboxylic acid groups (broad SMARTS) is 1. The molecule has 0 aliphatic carbocycles. The molecule has 0 saturated heterocycles. The Morgan fingerprint density at radius 1 is 1.12 bits per heavy atom. The highest BCUT2D eigenvalue weighted by Gasteiger charge is 2.16. The molecule has 3 aromatic rings. The molecule has 25 heavy (non-hydrogen) atoms. The van der Waals surface area contributed by atoms with Crippen LogP contribution in [0.25, 0.3) is 10.9 Å². The summed E-state index contributed by atoms with van der Waals surface area (Å²) in [6.07, 6.45) is -0.0588. The zero-order valence-electron chi connectivity index (χ0n) is 13.2. The number of carbonyl (C=O) groups is 2. The number of hydrogen-bond acceptors (Lipinski definition) is 2. The molecular weight excluding hydrogens is 363 g/mol. The Labute approximate surface area is 153 Å². The van der Waals surface area contributed by atoms with Crippen molar-refractivity contribution in [2.24, 2.45) is 7.05 Å². The molecule has 1 amide bonds. The van der Waals surface area contributed by atoms with E-state index in [1.807, 2.05) is 0 Å². The van der Waals surface area contributed by atoms with E-state index >= 15 is 0 Å². The van der Waals surface area contributed by atoms with Gasteiger partial charge in [-0.25, -0.2) is 0 Å². The number of aryl methyl sites for hydroxylation is 1. The number of rotatable bonds is 4. The third-order valence-electron chi connectivity index (χ3n) is 3.91. The fourth-order valence-corrected chi connectivity index (χ4v) is 3.02. The molecule has 128 valence electrons. The van der Waals surface area contributed by atoms with Crippen molar-refractivity contribution < 1.29 is 14.7 Å². The SMILES string of the molecule is Cn1c(C(=O)Nc2ccc(CC(=O)O)cc2)cc2c(Cl)c(Cl)ccc21. The van der Waals surface area contributed by atoms with E-state index in [2.05, 4.69) is 5.32 Å².